The quantitative estimate of drug-likeness (QED) is 0.245. The van der Waals surface area contributed by atoms with Gasteiger partial charge < -0.3 is 14.6 Å². The van der Waals surface area contributed by atoms with Crippen molar-refractivity contribution in [1.82, 2.24) is 0 Å². The minimum Gasteiger partial charge on any atom is -0.492 e. The highest BCUT2D eigenvalue weighted by atomic mass is 16.5. The summed E-state index contributed by atoms with van der Waals surface area (Å²) >= 11 is 0. The molecule has 1 aromatic rings. The number of aliphatic carboxylic acids is 1. The van der Waals surface area contributed by atoms with Crippen molar-refractivity contribution in [3.05, 3.63) is 22.3 Å². The average molecular weight is 503 g/mol. The first-order valence-electron chi connectivity index (χ1n) is 14.6. The lowest BCUT2D eigenvalue weighted by molar-refractivity contribution is -0.137. The zero-order valence-corrected chi connectivity index (χ0v) is 24.6. The molecule has 1 aromatic carbocycles. The van der Waals surface area contributed by atoms with Gasteiger partial charge in [-0.3, -0.25) is 4.79 Å². The van der Waals surface area contributed by atoms with Crippen LogP contribution < -0.4 is 9.47 Å². The fraction of sp³-hybridized carbons (Fsp3) is 0.781. The van der Waals surface area contributed by atoms with E-state index in [1.807, 2.05) is 0 Å². The van der Waals surface area contributed by atoms with Crippen molar-refractivity contribution in [2.75, 3.05) is 6.61 Å². The molecule has 0 aromatic heterocycles. The van der Waals surface area contributed by atoms with Crippen LogP contribution in [0, 0.1) is 38.5 Å². The van der Waals surface area contributed by atoms with Crippen molar-refractivity contribution in [2.45, 2.75) is 138 Å². The minimum atomic E-state index is -0.833. The number of fused-ring (bicyclic) bond motifs is 1. The van der Waals surface area contributed by atoms with Crippen LogP contribution in [-0.2, 0) is 11.2 Å². The molecule has 0 radical (unpaired) electrons. The van der Waals surface area contributed by atoms with Gasteiger partial charge in [0.1, 0.15) is 17.1 Å². The zero-order chi connectivity index (χ0) is 26.9. The van der Waals surface area contributed by atoms with E-state index < -0.39 is 5.97 Å². The summed E-state index contributed by atoms with van der Waals surface area (Å²) in [6.07, 6.45) is 13.8. The summed E-state index contributed by atoms with van der Waals surface area (Å²) in [5.74, 6) is 3.51. The van der Waals surface area contributed by atoms with Gasteiger partial charge in [-0.15, -0.1) is 0 Å². The Hall–Kier alpha value is -1.71. The standard InChI is InChI=1S/C32H54O4/c1-22(2)12-9-13-23(3)14-10-15-24(4)16-11-19-32(8)20-17-28-27(7)30(35-21-18-29(33)34)25(5)26(6)31(28)36-32/h22-24H,9-21H2,1-8H3,(H,33,34)/t23?,24?,32-/m1/s1. The molecule has 2 rings (SSSR count). The Balaban J connectivity index is 1.83. The maximum absolute atomic E-state index is 10.9. The first-order valence-corrected chi connectivity index (χ1v) is 14.6. The van der Waals surface area contributed by atoms with E-state index in [4.69, 9.17) is 14.6 Å². The highest BCUT2D eigenvalue weighted by Gasteiger charge is 2.34. The average Bonchev–Trinajstić information content (AvgIpc) is 2.79. The molecule has 0 saturated carbocycles. The molecule has 36 heavy (non-hydrogen) atoms. The molecular weight excluding hydrogens is 448 g/mol. The lowest BCUT2D eigenvalue weighted by atomic mass is 9.83. The van der Waals surface area contributed by atoms with Gasteiger partial charge in [-0.2, -0.15) is 0 Å². The summed E-state index contributed by atoms with van der Waals surface area (Å²) in [6.45, 7) is 18.2. The normalized spacial score (nSPS) is 19.0. The minimum absolute atomic E-state index is 0.0132. The Labute approximate surface area is 221 Å². The van der Waals surface area contributed by atoms with Gasteiger partial charge in [-0.05, 0) is 87.8 Å². The third-order valence-corrected chi connectivity index (χ3v) is 8.40. The van der Waals surface area contributed by atoms with Gasteiger partial charge in [-0.25, -0.2) is 0 Å². The molecule has 0 saturated heterocycles. The molecule has 1 heterocycles. The topological polar surface area (TPSA) is 55.8 Å². The Morgan fingerprint density at radius 2 is 1.50 bits per heavy atom. The van der Waals surface area contributed by atoms with E-state index in [0.29, 0.717) is 0 Å². The smallest absolute Gasteiger partial charge is 0.306 e. The van der Waals surface area contributed by atoms with Crippen LogP contribution in [0.1, 0.15) is 128 Å². The molecule has 0 fully saturated rings. The largest absolute Gasteiger partial charge is 0.492 e. The van der Waals surface area contributed by atoms with Crippen LogP contribution in [0.4, 0.5) is 0 Å². The number of carbonyl (C=O) groups is 1. The summed E-state index contributed by atoms with van der Waals surface area (Å²) in [7, 11) is 0. The molecule has 206 valence electrons. The summed E-state index contributed by atoms with van der Waals surface area (Å²) in [5, 5.41) is 8.95. The lowest BCUT2D eigenvalue weighted by Gasteiger charge is -2.38. The van der Waals surface area contributed by atoms with Crippen LogP contribution in [0.3, 0.4) is 0 Å². The molecule has 1 aliphatic rings. The van der Waals surface area contributed by atoms with E-state index in [-0.39, 0.29) is 18.6 Å². The molecule has 0 aliphatic carbocycles. The van der Waals surface area contributed by atoms with Gasteiger partial charge >= 0.3 is 5.97 Å². The molecule has 1 N–H and O–H groups in total. The van der Waals surface area contributed by atoms with E-state index in [0.717, 1.165) is 65.2 Å². The monoisotopic (exact) mass is 502 g/mol. The summed E-state index contributed by atoms with van der Waals surface area (Å²) in [6, 6.07) is 0. The Morgan fingerprint density at radius 3 is 2.08 bits per heavy atom. The van der Waals surface area contributed by atoms with Gasteiger partial charge in [0.2, 0.25) is 0 Å². The summed E-state index contributed by atoms with van der Waals surface area (Å²) in [5.41, 5.74) is 4.41. The first kappa shape index (κ1) is 30.5. The predicted octanol–water partition coefficient (Wildman–Crippen LogP) is 8.99. The van der Waals surface area contributed by atoms with Crippen molar-refractivity contribution >= 4 is 5.97 Å². The third-order valence-electron chi connectivity index (χ3n) is 8.40. The second kappa shape index (κ2) is 14.3. The van der Waals surface area contributed by atoms with Crippen LogP contribution in [0.2, 0.25) is 0 Å². The molecule has 1 aliphatic heterocycles. The molecule has 0 bridgehead atoms. The number of rotatable bonds is 16. The van der Waals surface area contributed by atoms with E-state index in [1.165, 1.54) is 56.9 Å². The van der Waals surface area contributed by atoms with Gasteiger partial charge in [0.05, 0.1) is 13.0 Å². The van der Waals surface area contributed by atoms with E-state index in [1.54, 1.807) is 0 Å². The fourth-order valence-electron chi connectivity index (χ4n) is 5.72. The highest BCUT2D eigenvalue weighted by Crippen LogP contribution is 2.45. The van der Waals surface area contributed by atoms with Crippen LogP contribution in [0.5, 0.6) is 11.5 Å². The van der Waals surface area contributed by atoms with E-state index in [9.17, 15) is 4.79 Å². The van der Waals surface area contributed by atoms with Crippen molar-refractivity contribution in [3.63, 3.8) is 0 Å². The predicted molar refractivity (Wildman–Crippen MR) is 150 cm³/mol. The first-order chi connectivity index (χ1) is 16.9. The van der Waals surface area contributed by atoms with Gasteiger partial charge in [-0.1, -0.05) is 72.6 Å². The molecule has 0 amide bonds. The molecular formula is C32H54O4. The number of carboxylic acids is 1. The number of benzene rings is 1. The SMILES string of the molecule is Cc1c(C)c2c(c(C)c1OCCC(=O)O)CC[C@@](C)(CCCC(C)CCCC(C)CCCC(C)C)O2. The lowest BCUT2D eigenvalue weighted by Crippen LogP contribution is -2.37. The van der Waals surface area contributed by atoms with Crippen molar-refractivity contribution in [3.8, 4) is 11.5 Å². The number of ether oxygens (including phenoxy) is 2. The molecule has 4 nitrogen and oxygen atoms in total. The number of carboxylic acid groups (broad SMARTS) is 1. The molecule has 4 heteroatoms. The number of hydrogen-bond acceptors (Lipinski definition) is 3. The Kier molecular flexibility index (Phi) is 12.1. The van der Waals surface area contributed by atoms with E-state index in [2.05, 4.69) is 55.4 Å². The van der Waals surface area contributed by atoms with Crippen LogP contribution in [-0.4, -0.2) is 23.3 Å². The summed E-state index contributed by atoms with van der Waals surface area (Å²) in [4.78, 5) is 10.9. The molecule has 0 spiro atoms. The highest BCUT2D eigenvalue weighted by molar-refractivity contribution is 5.67. The Morgan fingerprint density at radius 1 is 0.917 bits per heavy atom. The molecule has 2 unspecified atom stereocenters. The second-order valence-corrected chi connectivity index (χ2v) is 12.4. The summed E-state index contributed by atoms with van der Waals surface area (Å²) < 4.78 is 12.6. The van der Waals surface area contributed by atoms with Crippen LogP contribution >= 0.6 is 0 Å². The zero-order valence-electron chi connectivity index (χ0n) is 24.6. The number of hydrogen-bond donors (Lipinski definition) is 1. The Bertz CT molecular complexity index is 843. The van der Waals surface area contributed by atoms with E-state index >= 15 is 0 Å². The van der Waals surface area contributed by atoms with Crippen molar-refractivity contribution < 1.29 is 19.4 Å². The van der Waals surface area contributed by atoms with Gasteiger partial charge in [0.15, 0.2) is 0 Å². The van der Waals surface area contributed by atoms with Crippen molar-refractivity contribution in [1.29, 1.82) is 0 Å². The second-order valence-electron chi connectivity index (χ2n) is 12.4. The van der Waals surface area contributed by atoms with Gasteiger partial charge in [0, 0.05) is 5.56 Å². The van der Waals surface area contributed by atoms with Crippen LogP contribution in [0.15, 0.2) is 0 Å². The van der Waals surface area contributed by atoms with Crippen LogP contribution in [0.25, 0.3) is 0 Å². The maximum atomic E-state index is 10.9. The van der Waals surface area contributed by atoms with Gasteiger partial charge in [0.25, 0.3) is 0 Å². The third kappa shape index (κ3) is 9.30. The molecule has 3 atom stereocenters. The van der Waals surface area contributed by atoms with Crippen molar-refractivity contribution in [2.24, 2.45) is 17.8 Å². The maximum Gasteiger partial charge on any atom is 0.306 e. The fourth-order valence-corrected chi connectivity index (χ4v) is 5.72.